The van der Waals surface area contributed by atoms with Crippen LogP contribution in [0, 0.1) is 6.92 Å². The van der Waals surface area contributed by atoms with Crippen molar-refractivity contribution in [3.05, 3.63) is 39.7 Å². The third-order valence-corrected chi connectivity index (χ3v) is 4.42. The average molecular weight is 329 g/mol. The Bertz CT molecular complexity index is 847. The summed E-state index contributed by atoms with van der Waals surface area (Å²) in [7, 11) is 0. The molecular weight excluding hydrogens is 306 g/mol. The number of hydrogen-bond donors (Lipinski definition) is 1. The van der Waals surface area contributed by atoms with E-state index in [0.717, 1.165) is 29.8 Å². The maximum atomic E-state index is 12.9. The number of hydrogen-bond acceptors (Lipinski definition) is 3. The van der Waals surface area contributed by atoms with Gasteiger partial charge in [-0.05, 0) is 52.2 Å². The second-order valence-corrected chi connectivity index (χ2v) is 6.71. The van der Waals surface area contributed by atoms with Crippen molar-refractivity contribution in [3.63, 3.8) is 0 Å². The van der Waals surface area contributed by atoms with Crippen LogP contribution in [0.25, 0.3) is 10.9 Å². The molecule has 2 aromatic rings. The molecule has 0 saturated heterocycles. The average Bonchev–Trinajstić information content (AvgIpc) is 3.32. The van der Waals surface area contributed by atoms with Crippen LogP contribution in [0.3, 0.4) is 0 Å². The lowest BCUT2D eigenvalue weighted by molar-refractivity contribution is -0.136. The van der Waals surface area contributed by atoms with Crippen molar-refractivity contribution in [2.45, 2.75) is 58.6 Å². The van der Waals surface area contributed by atoms with Crippen LogP contribution in [0.5, 0.6) is 5.75 Å². The molecular formula is C19H23NO4. The molecule has 24 heavy (non-hydrogen) atoms. The van der Waals surface area contributed by atoms with Gasteiger partial charge in [-0.15, -0.1) is 0 Å². The second-order valence-electron chi connectivity index (χ2n) is 6.71. The molecule has 1 N–H and O–H groups in total. The summed E-state index contributed by atoms with van der Waals surface area (Å²) in [5.41, 5.74) is 2.25. The molecule has 0 radical (unpaired) electrons. The molecule has 0 aliphatic heterocycles. The normalized spacial score (nSPS) is 14.3. The Labute approximate surface area is 140 Å². The van der Waals surface area contributed by atoms with E-state index in [2.05, 4.69) is 4.57 Å². The Balaban J connectivity index is 2.26. The molecule has 1 aromatic heterocycles. The SMILES string of the molecule is Cc1c(CCC(=O)O)c(=O)c2cccc(OC(C)C)c2n1C1CC1. The summed E-state index contributed by atoms with van der Waals surface area (Å²) in [5.74, 6) is -0.164. The van der Waals surface area contributed by atoms with E-state index in [1.54, 1.807) is 0 Å². The van der Waals surface area contributed by atoms with Crippen LogP contribution < -0.4 is 10.2 Å². The van der Waals surface area contributed by atoms with Gasteiger partial charge in [-0.1, -0.05) is 6.07 Å². The van der Waals surface area contributed by atoms with Gasteiger partial charge in [0.1, 0.15) is 5.75 Å². The minimum Gasteiger partial charge on any atom is -0.489 e. The summed E-state index contributed by atoms with van der Waals surface area (Å²) in [6, 6.07) is 5.91. The number of para-hydroxylation sites is 1. The van der Waals surface area contributed by atoms with Crippen molar-refractivity contribution >= 4 is 16.9 Å². The van der Waals surface area contributed by atoms with E-state index >= 15 is 0 Å². The Hall–Kier alpha value is -2.30. The first kappa shape index (κ1) is 16.6. The lowest BCUT2D eigenvalue weighted by Gasteiger charge is -2.21. The number of nitrogens with zero attached hydrogens (tertiary/aromatic N) is 1. The molecule has 1 aliphatic rings. The first-order valence-electron chi connectivity index (χ1n) is 8.45. The van der Waals surface area contributed by atoms with Crippen LogP contribution in [0.4, 0.5) is 0 Å². The Morgan fingerprint density at radius 3 is 2.67 bits per heavy atom. The summed E-state index contributed by atoms with van der Waals surface area (Å²) >= 11 is 0. The lowest BCUT2D eigenvalue weighted by Crippen LogP contribution is -2.20. The fourth-order valence-corrected chi connectivity index (χ4v) is 3.26. The number of carboxylic acids is 1. The van der Waals surface area contributed by atoms with E-state index in [1.165, 1.54) is 0 Å². The number of carbonyl (C=O) groups is 1. The van der Waals surface area contributed by atoms with Crippen molar-refractivity contribution in [3.8, 4) is 5.75 Å². The molecule has 0 bridgehead atoms. The van der Waals surface area contributed by atoms with Crippen molar-refractivity contribution < 1.29 is 14.6 Å². The Morgan fingerprint density at radius 1 is 1.38 bits per heavy atom. The highest BCUT2D eigenvalue weighted by atomic mass is 16.5. The first-order valence-corrected chi connectivity index (χ1v) is 8.45. The van der Waals surface area contributed by atoms with Crippen molar-refractivity contribution in [1.29, 1.82) is 0 Å². The van der Waals surface area contributed by atoms with Gasteiger partial charge in [-0.2, -0.15) is 0 Å². The van der Waals surface area contributed by atoms with Crippen LogP contribution in [0.2, 0.25) is 0 Å². The molecule has 5 heteroatoms. The maximum absolute atomic E-state index is 12.9. The summed E-state index contributed by atoms with van der Waals surface area (Å²) < 4.78 is 8.13. The van der Waals surface area contributed by atoms with E-state index < -0.39 is 5.97 Å². The molecule has 1 heterocycles. The largest absolute Gasteiger partial charge is 0.489 e. The fourth-order valence-electron chi connectivity index (χ4n) is 3.26. The van der Waals surface area contributed by atoms with Crippen molar-refractivity contribution in [2.75, 3.05) is 0 Å². The topological polar surface area (TPSA) is 68.5 Å². The highest BCUT2D eigenvalue weighted by Gasteiger charge is 2.29. The summed E-state index contributed by atoms with van der Waals surface area (Å²) in [6.07, 6.45) is 2.40. The van der Waals surface area contributed by atoms with Gasteiger partial charge in [0.2, 0.25) is 0 Å². The van der Waals surface area contributed by atoms with Crippen LogP contribution in [0.15, 0.2) is 23.0 Å². The Morgan fingerprint density at radius 2 is 2.08 bits per heavy atom. The lowest BCUT2D eigenvalue weighted by atomic mass is 10.0. The molecule has 1 aliphatic carbocycles. The molecule has 1 aromatic carbocycles. The molecule has 1 saturated carbocycles. The monoisotopic (exact) mass is 329 g/mol. The van der Waals surface area contributed by atoms with Gasteiger partial charge in [0.05, 0.1) is 11.6 Å². The zero-order valence-corrected chi connectivity index (χ0v) is 14.3. The molecule has 0 atom stereocenters. The number of benzene rings is 1. The fraction of sp³-hybridized carbons (Fsp3) is 0.474. The third kappa shape index (κ3) is 3.03. The number of rotatable bonds is 6. The number of aliphatic carboxylic acids is 1. The van der Waals surface area contributed by atoms with Gasteiger partial charge < -0.3 is 14.4 Å². The molecule has 0 spiro atoms. The highest BCUT2D eigenvalue weighted by Crippen LogP contribution is 2.41. The molecule has 5 nitrogen and oxygen atoms in total. The molecule has 0 unspecified atom stereocenters. The summed E-state index contributed by atoms with van der Waals surface area (Å²) in [4.78, 5) is 23.9. The standard InChI is InChI=1S/C19H23NO4/c1-11(2)24-16-6-4-5-15-18(16)20(13-7-8-13)12(3)14(19(15)23)9-10-17(21)22/h4-6,11,13H,7-10H2,1-3H3,(H,21,22). The molecule has 1 fully saturated rings. The van der Waals surface area contributed by atoms with E-state index in [-0.39, 0.29) is 24.4 Å². The summed E-state index contributed by atoms with van der Waals surface area (Å²) in [6.45, 7) is 5.85. The van der Waals surface area contributed by atoms with E-state index in [1.807, 2.05) is 39.0 Å². The van der Waals surface area contributed by atoms with Crippen LogP contribution in [0.1, 0.15) is 50.4 Å². The van der Waals surface area contributed by atoms with E-state index in [4.69, 9.17) is 9.84 Å². The van der Waals surface area contributed by atoms with Gasteiger partial charge in [0.25, 0.3) is 0 Å². The number of aromatic nitrogens is 1. The smallest absolute Gasteiger partial charge is 0.303 e. The first-order chi connectivity index (χ1) is 11.4. The van der Waals surface area contributed by atoms with Crippen molar-refractivity contribution in [2.24, 2.45) is 0 Å². The zero-order valence-electron chi connectivity index (χ0n) is 14.3. The number of ether oxygens (including phenoxy) is 1. The Kier molecular flexibility index (Phi) is 4.35. The predicted octanol–water partition coefficient (Wildman–Crippen LogP) is 3.45. The van der Waals surface area contributed by atoms with Crippen molar-refractivity contribution in [1.82, 2.24) is 4.57 Å². The minimum absolute atomic E-state index is 0.0188. The second kappa shape index (κ2) is 6.30. The van der Waals surface area contributed by atoms with Gasteiger partial charge in [-0.25, -0.2) is 0 Å². The van der Waals surface area contributed by atoms with E-state index in [9.17, 15) is 9.59 Å². The van der Waals surface area contributed by atoms with Gasteiger partial charge >= 0.3 is 5.97 Å². The number of carboxylic acid groups (broad SMARTS) is 1. The number of fused-ring (bicyclic) bond motifs is 1. The zero-order chi connectivity index (χ0) is 17.4. The van der Waals surface area contributed by atoms with Gasteiger partial charge in [-0.3, -0.25) is 9.59 Å². The van der Waals surface area contributed by atoms with Crippen LogP contribution in [-0.2, 0) is 11.2 Å². The van der Waals surface area contributed by atoms with Crippen LogP contribution in [-0.4, -0.2) is 21.7 Å². The van der Waals surface area contributed by atoms with Crippen LogP contribution >= 0.6 is 0 Å². The van der Waals surface area contributed by atoms with Gasteiger partial charge in [0.15, 0.2) is 5.43 Å². The minimum atomic E-state index is -0.885. The molecule has 0 amide bonds. The van der Waals surface area contributed by atoms with E-state index in [0.29, 0.717) is 17.0 Å². The van der Waals surface area contributed by atoms with Gasteiger partial charge in [0, 0.05) is 29.1 Å². The molecule has 128 valence electrons. The molecule has 3 rings (SSSR count). The third-order valence-electron chi connectivity index (χ3n) is 4.42. The quantitative estimate of drug-likeness (QED) is 0.881. The summed E-state index contributed by atoms with van der Waals surface area (Å²) in [5, 5.41) is 9.59. The maximum Gasteiger partial charge on any atom is 0.303 e. The highest BCUT2D eigenvalue weighted by molar-refractivity contribution is 5.86. The number of pyridine rings is 1. The predicted molar refractivity (Wildman–Crippen MR) is 92.9 cm³/mol.